The van der Waals surface area contributed by atoms with Gasteiger partial charge in [0, 0.05) is 11.1 Å². The van der Waals surface area contributed by atoms with Gasteiger partial charge in [-0.2, -0.15) is 0 Å². The summed E-state index contributed by atoms with van der Waals surface area (Å²) in [6.07, 6.45) is 4.42. The van der Waals surface area contributed by atoms with E-state index in [9.17, 15) is 0 Å². The zero-order valence-electron chi connectivity index (χ0n) is 17.8. The van der Waals surface area contributed by atoms with E-state index in [-0.39, 0.29) is 10.8 Å². The van der Waals surface area contributed by atoms with Crippen LogP contribution in [0.15, 0.2) is 48.6 Å². The molecule has 2 aliphatic rings. The normalized spacial score (nSPS) is 16.2. The second kappa shape index (κ2) is 6.55. The molecular weight excluding hydrogens is 344 g/mol. The number of hydrogen-bond acceptors (Lipinski definition) is 2. The second-order valence-corrected chi connectivity index (χ2v) is 9.78. The Labute approximate surface area is 168 Å². The first-order valence-corrected chi connectivity index (χ1v) is 10.1. The number of fused-ring (bicyclic) bond motifs is 2. The summed E-state index contributed by atoms with van der Waals surface area (Å²) in [5.41, 5.74) is 7.69. The third-order valence-corrected chi connectivity index (χ3v) is 5.61. The van der Waals surface area contributed by atoms with Crippen molar-refractivity contribution >= 4 is 11.1 Å². The first-order valence-electron chi connectivity index (χ1n) is 10.1. The van der Waals surface area contributed by atoms with E-state index in [0.717, 1.165) is 11.5 Å². The Morgan fingerprint density at radius 2 is 1.00 bits per heavy atom. The van der Waals surface area contributed by atoms with Gasteiger partial charge in [0.15, 0.2) is 0 Å². The van der Waals surface area contributed by atoms with Gasteiger partial charge in [0.25, 0.3) is 0 Å². The Balaban J connectivity index is 1.84. The predicted octanol–water partition coefficient (Wildman–Crippen LogP) is 6.53. The summed E-state index contributed by atoms with van der Waals surface area (Å²) in [7, 11) is 0. The quantitative estimate of drug-likeness (QED) is 0.565. The Morgan fingerprint density at radius 3 is 1.36 bits per heavy atom. The molecule has 0 aromatic heterocycles. The van der Waals surface area contributed by atoms with E-state index in [1.807, 2.05) is 0 Å². The van der Waals surface area contributed by atoms with Gasteiger partial charge in [0.1, 0.15) is 24.7 Å². The Morgan fingerprint density at radius 1 is 0.607 bits per heavy atom. The molecule has 0 unspecified atom stereocenters. The zero-order valence-corrected chi connectivity index (χ0v) is 17.8. The second-order valence-electron chi connectivity index (χ2n) is 9.78. The first kappa shape index (κ1) is 18.9. The van der Waals surface area contributed by atoms with Gasteiger partial charge in [-0.15, -0.1) is 0 Å². The van der Waals surface area contributed by atoms with Crippen LogP contribution in [0.3, 0.4) is 0 Å². The highest BCUT2D eigenvalue weighted by atomic mass is 16.5. The molecule has 0 N–H and O–H groups in total. The van der Waals surface area contributed by atoms with Crippen LogP contribution < -0.4 is 9.47 Å². The molecule has 2 aromatic rings. The summed E-state index contributed by atoms with van der Waals surface area (Å²) in [5, 5.41) is 0. The molecule has 0 fully saturated rings. The number of benzene rings is 2. The van der Waals surface area contributed by atoms with Gasteiger partial charge < -0.3 is 9.47 Å². The fraction of sp³-hybridized carbons (Fsp3) is 0.385. The topological polar surface area (TPSA) is 18.5 Å². The van der Waals surface area contributed by atoms with Crippen LogP contribution >= 0.6 is 0 Å². The van der Waals surface area contributed by atoms with Crippen LogP contribution in [0.2, 0.25) is 0 Å². The van der Waals surface area contributed by atoms with Crippen molar-refractivity contribution in [3.8, 4) is 11.5 Å². The van der Waals surface area contributed by atoms with E-state index in [4.69, 9.17) is 9.47 Å². The lowest BCUT2D eigenvalue weighted by Crippen LogP contribution is -2.15. The standard InChI is InChI=1S/C26H30O2/c1-25(2,3)17-7-9-23-21(15-17)19(11-13-27-23)20-12-14-28-24-10-8-18(16-22(20)24)26(4,5)6/h7-12,15-16H,13-14H2,1-6H3. The maximum atomic E-state index is 5.94. The summed E-state index contributed by atoms with van der Waals surface area (Å²) in [4.78, 5) is 0. The molecule has 2 heterocycles. The zero-order chi connectivity index (χ0) is 20.1. The minimum absolute atomic E-state index is 0.0962. The SMILES string of the molecule is CC(C)(C)c1ccc2c(c1)C(C1=CCOc3ccc(C(C)(C)C)cc31)=CCO2. The fourth-order valence-corrected chi connectivity index (χ4v) is 3.83. The Bertz CT molecular complexity index is 897. The predicted molar refractivity (Wildman–Crippen MR) is 117 cm³/mol. The van der Waals surface area contributed by atoms with Crippen molar-refractivity contribution in [2.45, 2.75) is 52.4 Å². The Hall–Kier alpha value is -2.48. The lowest BCUT2D eigenvalue weighted by atomic mass is 9.81. The maximum absolute atomic E-state index is 5.94. The highest BCUT2D eigenvalue weighted by Gasteiger charge is 2.26. The van der Waals surface area contributed by atoms with Gasteiger partial charge >= 0.3 is 0 Å². The number of rotatable bonds is 1. The third kappa shape index (κ3) is 3.37. The van der Waals surface area contributed by atoms with Gasteiger partial charge in [-0.1, -0.05) is 53.7 Å². The van der Waals surface area contributed by atoms with Crippen LogP contribution in [0, 0.1) is 0 Å². The first-order chi connectivity index (χ1) is 13.1. The molecule has 0 atom stereocenters. The summed E-state index contributed by atoms with van der Waals surface area (Å²) in [5.74, 6) is 1.93. The molecular formula is C26H30O2. The molecule has 0 amide bonds. The van der Waals surface area contributed by atoms with Gasteiger partial charge in [-0.3, -0.25) is 0 Å². The van der Waals surface area contributed by atoms with Gasteiger partial charge in [-0.25, -0.2) is 0 Å². The molecule has 0 bridgehead atoms. The average Bonchev–Trinajstić information content (AvgIpc) is 2.65. The van der Waals surface area contributed by atoms with Crippen LogP contribution in [0.4, 0.5) is 0 Å². The largest absolute Gasteiger partial charge is 0.489 e. The molecule has 2 heteroatoms. The van der Waals surface area contributed by atoms with Crippen molar-refractivity contribution in [2.24, 2.45) is 0 Å². The third-order valence-electron chi connectivity index (χ3n) is 5.61. The molecule has 0 radical (unpaired) electrons. The minimum atomic E-state index is 0.0962. The number of ether oxygens (including phenoxy) is 2. The maximum Gasteiger partial charge on any atom is 0.127 e. The van der Waals surface area contributed by atoms with Crippen LogP contribution in [0.5, 0.6) is 11.5 Å². The van der Waals surface area contributed by atoms with E-state index in [0.29, 0.717) is 13.2 Å². The molecule has 2 aromatic carbocycles. The highest BCUT2D eigenvalue weighted by molar-refractivity contribution is 6.08. The highest BCUT2D eigenvalue weighted by Crippen LogP contribution is 2.45. The molecule has 28 heavy (non-hydrogen) atoms. The summed E-state index contributed by atoms with van der Waals surface area (Å²) < 4.78 is 11.9. The molecule has 0 aliphatic carbocycles. The lowest BCUT2D eigenvalue weighted by molar-refractivity contribution is 0.354. The number of allylic oxidation sites excluding steroid dienone is 2. The van der Waals surface area contributed by atoms with Gasteiger partial charge in [0.05, 0.1) is 0 Å². The Kier molecular flexibility index (Phi) is 4.41. The van der Waals surface area contributed by atoms with E-state index in [2.05, 4.69) is 90.1 Å². The van der Waals surface area contributed by atoms with Gasteiger partial charge in [0.2, 0.25) is 0 Å². The van der Waals surface area contributed by atoms with Crippen LogP contribution in [0.25, 0.3) is 11.1 Å². The summed E-state index contributed by atoms with van der Waals surface area (Å²) >= 11 is 0. The number of hydrogen-bond donors (Lipinski definition) is 0. The molecule has 0 saturated heterocycles. The molecule has 0 spiro atoms. The fourth-order valence-electron chi connectivity index (χ4n) is 3.83. The van der Waals surface area contributed by atoms with Crippen molar-refractivity contribution in [1.82, 2.24) is 0 Å². The lowest BCUT2D eigenvalue weighted by Gasteiger charge is -2.28. The van der Waals surface area contributed by atoms with Crippen molar-refractivity contribution in [3.63, 3.8) is 0 Å². The van der Waals surface area contributed by atoms with Crippen LogP contribution in [-0.4, -0.2) is 13.2 Å². The van der Waals surface area contributed by atoms with Crippen molar-refractivity contribution in [3.05, 3.63) is 70.8 Å². The van der Waals surface area contributed by atoms with E-state index < -0.39 is 0 Å². The van der Waals surface area contributed by atoms with Crippen molar-refractivity contribution in [1.29, 1.82) is 0 Å². The van der Waals surface area contributed by atoms with Crippen molar-refractivity contribution in [2.75, 3.05) is 13.2 Å². The monoisotopic (exact) mass is 374 g/mol. The van der Waals surface area contributed by atoms with E-state index >= 15 is 0 Å². The summed E-state index contributed by atoms with van der Waals surface area (Å²) in [6, 6.07) is 13.2. The average molecular weight is 375 g/mol. The molecule has 2 aliphatic heterocycles. The smallest absolute Gasteiger partial charge is 0.127 e. The molecule has 2 nitrogen and oxygen atoms in total. The molecule has 146 valence electrons. The summed E-state index contributed by atoms with van der Waals surface area (Å²) in [6.45, 7) is 14.7. The molecule has 4 rings (SSSR count). The molecule has 0 saturated carbocycles. The van der Waals surface area contributed by atoms with E-state index in [1.165, 1.54) is 33.4 Å². The van der Waals surface area contributed by atoms with Crippen LogP contribution in [0.1, 0.15) is 63.8 Å². The van der Waals surface area contributed by atoms with Gasteiger partial charge in [-0.05, 0) is 69.5 Å². The van der Waals surface area contributed by atoms with E-state index in [1.54, 1.807) is 0 Å². The minimum Gasteiger partial charge on any atom is -0.489 e. The van der Waals surface area contributed by atoms with Crippen LogP contribution in [-0.2, 0) is 10.8 Å². The van der Waals surface area contributed by atoms with Crippen molar-refractivity contribution < 1.29 is 9.47 Å².